The maximum atomic E-state index is 13.2. The number of pyridine rings is 5. The van der Waals surface area contributed by atoms with Crippen molar-refractivity contribution < 1.29 is 33.1 Å². The molecular formula is C113H91FN18O6S2. The van der Waals surface area contributed by atoms with Gasteiger partial charge in [-0.3, -0.25) is 59.1 Å². The van der Waals surface area contributed by atoms with E-state index in [1.807, 2.05) is 318 Å². The highest BCUT2D eigenvalue weighted by Gasteiger charge is 2.19. The molecule has 27 heteroatoms. The van der Waals surface area contributed by atoms with Crippen LogP contribution in [0.1, 0.15) is 39.2 Å². The second-order valence-corrected chi connectivity index (χ2v) is 34.2. The maximum Gasteiger partial charge on any atom is 0.232 e. The van der Waals surface area contributed by atoms with Crippen LogP contribution < -0.4 is 30.9 Å². The monoisotopic (exact) mass is 1880 g/mol. The van der Waals surface area contributed by atoms with Gasteiger partial charge in [0, 0.05) is 108 Å². The first-order valence-corrected chi connectivity index (χ1v) is 46.2. The molecule has 20 rings (SSSR count). The summed E-state index contributed by atoms with van der Waals surface area (Å²) in [5.74, 6) is 0.377. The second kappa shape index (κ2) is 47.3. The van der Waals surface area contributed by atoms with Gasteiger partial charge in [0.1, 0.15) is 11.6 Å². The topological polar surface area (TPSA) is 314 Å². The molecule has 0 saturated carbocycles. The van der Waals surface area contributed by atoms with Gasteiger partial charge in [-0.2, -0.15) is 20.4 Å². The normalized spacial score (nSPS) is 10.6. The van der Waals surface area contributed by atoms with Crippen LogP contribution in [-0.4, -0.2) is 109 Å². The first kappa shape index (κ1) is 95.2. The van der Waals surface area contributed by atoms with Crippen LogP contribution >= 0.6 is 22.7 Å². The van der Waals surface area contributed by atoms with Gasteiger partial charge in [0.2, 0.25) is 35.5 Å². The first-order valence-electron chi connectivity index (χ1n) is 44.5. The molecule has 0 aliphatic rings. The van der Waals surface area contributed by atoms with E-state index in [4.69, 9.17) is 4.74 Å². The number of fused-ring (bicyclic) bond motifs is 2. The number of nitrogens with zero attached hydrogens (tertiary/aromatic N) is 14. The van der Waals surface area contributed by atoms with Crippen molar-refractivity contribution in [1.29, 1.82) is 0 Å². The maximum absolute atomic E-state index is 13.2. The van der Waals surface area contributed by atoms with E-state index in [0.717, 1.165) is 156 Å². The Bertz CT molecular complexity index is 7260. The molecule has 0 saturated heterocycles. The van der Waals surface area contributed by atoms with Crippen LogP contribution in [0.25, 0.3) is 109 Å². The Labute approximate surface area is 815 Å². The van der Waals surface area contributed by atoms with Gasteiger partial charge in [-0.1, -0.05) is 211 Å². The van der Waals surface area contributed by atoms with E-state index in [1.54, 1.807) is 93.3 Å². The SMILES string of the molecule is COc1ccc2nc(N(C)C(=O)Cc3ccc(-c4ccncc4)cc3)sc2c1.Cc1cc(-c2ccc(CC(=O)Nc3ccc(-c4cccnc4)cc3)cc2)ccn1.Cc1cc(-c2ccc(CC(=O)Nc3ncc(-c4ccccc4)cn3)cc2)ccn1.O=C(Cc1ccc(-c2ccnnc2)cc1)Nc1ccc(-c2cccnc2)cc1.O=C(Cc1ccc(-c2ccnnc2)cc1)Nc1nc2ccc(F)cc2s1. The van der Waals surface area contributed by atoms with Crippen molar-refractivity contribution in [1.82, 2.24) is 65.3 Å². The molecule has 4 N–H and O–H groups in total. The van der Waals surface area contributed by atoms with Crippen LogP contribution in [-0.2, 0) is 56.1 Å². The number of aromatic nitrogens is 13. The molecule has 0 aliphatic carbocycles. The standard InChI is InChI=1S/C25H21N3O.C24H20N4O.C23H18N4O.C22H19N3O2S.C19H13FN4OS/c1-18-15-22(12-14-27-18)20-6-4-19(5-7-20)16-25(29)28-24-10-8-21(9-11-24)23-3-2-13-26-17-23;1-17-13-21(11-12-25-17)20-9-7-18(8-10-20)14-23(29)28-24-26-15-22(16-27-24)19-5-3-2-4-6-19;28-23(14-17-3-5-18(6-4-17)21-11-13-25-26-16-21)27-22-9-7-19(8-10-22)20-2-1-12-24-15-20;1-25(22-24-19-8-7-18(27-2)14-20(19)28-22)21(26)13-15-3-5-16(6-4-15)17-9-11-23-12-10-17;20-15-5-6-16-17(10-15)26-19(23-16)24-18(25)9-12-1-3-13(4-2-12)14-7-8-21-22-11-14/h2-15,17H,16H2,1H3,(H,28,29);2-13,15-16H,14H2,1H3,(H,26,27,28,29);1-13,15-16H,14H2,(H,27,28);3-12,14H,13H2,1-2H3;1-8,10-11H,9H2,(H,23,24,25). The molecule has 20 aromatic rings. The lowest BCUT2D eigenvalue weighted by molar-refractivity contribution is -0.118. The summed E-state index contributed by atoms with van der Waals surface area (Å²) in [6, 6.07) is 98.8. The Morgan fingerprint density at radius 3 is 1.15 bits per heavy atom. The van der Waals surface area contributed by atoms with Crippen molar-refractivity contribution in [2.24, 2.45) is 0 Å². The lowest BCUT2D eigenvalue weighted by Gasteiger charge is -2.13. The Morgan fingerprint density at radius 1 is 0.314 bits per heavy atom. The number of rotatable bonds is 24. The summed E-state index contributed by atoms with van der Waals surface area (Å²) in [5, 5.41) is 27.9. The van der Waals surface area contributed by atoms with Gasteiger partial charge in [-0.25, -0.2) is 24.3 Å². The average molecular weight is 1880 g/mol. The number of benzene rings is 10. The van der Waals surface area contributed by atoms with E-state index in [1.165, 1.54) is 34.8 Å². The van der Waals surface area contributed by atoms with Crippen molar-refractivity contribution in [3.63, 3.8) is 0 Å². The van der Waals surface area contributed by atoms with Crippen LogP contribution in [0.4, 0.5) is 32.0 Å². The van der Waals surface area contributed by atoms with Gasteiger partial charge in [0.15, 0.2) is 10.3 Å². The molecule has 0 aliphatic heterocycles. The number of ether oxygens (including phenoxy) is 1. The number of amides is 5. The summed E-state index contributed by atoms with van der Waals surface area (Å²) in [6.07, 6.45) is 25.9. The number of anilines is 5. The van der Waals surface area contributed by atoms with Crippen LogP contribution in [0.5, 0.6) is 5.75 Å². The van der Waals surface area contributed by atoms with E-state index in [-0.39, 0.29) is 48.2 Å². The number of carbonyl (C=O) groups excluding carboxylic acids is 5. The quantitative estimate of drug-likeness (QED) is 0.0437. The highest BCUT2D eigenvalue weighted by atomic mass is 32.1. The molecule has 0 unspecified atom stereocenters. The fourth-order valence-corrected chi connectivity index (χ4v) is 16.6. The summed E-state index contributed by atoms with van der Waals surface area (Å²) < 4.78 is 20.2. The highest BCUT2D eigenvalue weighted by molar-refractivity contribution is 7.22. The molecule has 0 atom stereocenters. The summed E-state index contributed by atoms with van der Waals surface area (Å²) in [4.78, 5) is 102. The number of methoxy groups -OCH3 is 1. The summed E-state index contributed by atoms with van der Waals surface area (Å²) >= 11 is 2.74. The summed E-state index contributed by atoms with van der Waals surface area (Å²) in [6.45, 7) is 3.95. The molecule has 24 nitrogen and oxygen atoms in total. The number of nitrogens with one attached hydrogen (secondary N) is 4. The Balaban J connectivity index is 0.000000126. The van der Waals surface area contributed by atoms with Gasteiger partial charge in [0.25, 0.3) is 0 Å². The Morgan fingerprint density at radius 2 is 0.700 bits per heavy atom. The zero-order valence-corrected chi connectivity index (χ0v) is 78.1. The van der Waals surface area contributed by atoms with Crippen LogP contribution in [0.15, 0.2) is 396 Å². The predicted molar refractivity (Wildman–Crippen MR) is 552 cm³/mol. The molecule has 10 aromatic heterocycles. The van der Waals surface area contributed by atoms with Gasteiger partial charge in [-0.05, 0) is 235 Å². The largest absolute Gasteiger partial charge is 0.497 e. The Hall–Kier alpha value is -18.0. The van der Waals surface area contributed by atoms with Crippen molar-refractivity contribution >= 4 is 100 Å². The summed E-state index contributed by atoms with van der Waals surface area (Å²) in [5.41, 5.74) is 26.6. The highest BCUT2D eigenvalue weighted by Crippen LogP contribution is 2.34. The van der Waals surface area contributed by atoms with Gasteiger partial charge >= 0.3 is 0 Å². The smallest absolute Gasteiger partial charge is 0.232 e. The lowest BCUT2D eigenvalue weighted by Crippen LogP contribution is -2.27. The molecule has 0 spiro atoms. The third-order valence-electron chi connectivity index (χ3n) is 22.1. The molecule has 10 heterocycles. The van der Waals surface area contributed by atoms with Gasteiger partial charge < -0.3 is 20.7 Å². The van der Waals surface area contributed by atoms with Crippen molar-refractivity contribution in [2.45, 2.75) is 46.0 Å². The van der Waals surface area contributed by atoms with E-state index in [9.17, 15) is 28.4 Å². The molecule has 0 fully saturated rings. The molecule has 5 amide bonds. The first-order chi connectivity index (χ1) is 68.4. The van der Waals surface area contributed by atoms with E-state index >= 15 is 0 Å². The molecule has 0 radical (unpaired) electrons. The minimum Gasteiger partial charge on any atom is -0.497 e. The second-order valence-electron chi connectivity index (χ2n) is 32.1. The zero-order valence-electron chi connectivity index (χ0n) is 76.5. The fraction of sp³-hybridized carbons (Fsp3) is 0.0796. The van der Waals surface area contributed by atoms with Gasteiger partial charge in [-0.15, -0.1) is 0 Å². The van der Waals surface area contributed by atoms with Crippen LogP contribution in [0, 0.1) is 19.7 Å². The molecule has 10 aromatic carbocycles. The minimum atomic E-state index is -0.316. The number of thiazole rings is 2. The average Bonchev–Trinajstić information content (AvgIpc) is 1.67. The van der Waals surface area contributed by atoms with Crippen molar-refractivity contribution in [3.8, 4) is 94.8 Å². The Kier molecular flexibility index (Phi) is 32.2. The molecular weight excluding hydrogens is 1790 g/mol. The number of hydrogen-bond donors (Lipinski definition) is 4. The van der Waals surface area contributed by atoms with Crippen molar-refractivity contribution in [2.75, 3.05) is 40.3 Å². The third-order valence-corrected chi connectivity index (χ3v) is 24.1. The molecule has 688 valence electrons. The number of hydrogen-bond acceptors (Lipinski definition) is 21. The minimum absolute atomic E-state index is 0.00248. The van der Waals surface area contributed by atoms with E-state index < -0.39 is 0 Å². The number of aryl methyl sites for hydroxylation is 2. The van der Waals surface area contributed by atoms with Crippen molar-refractivity contribution in [3.05, 3.63) is 441 Å². The molecule has 140 heavy (non-hydrogen) atoms. The number of halogens is 1. The predicted octanol–water partition coefficient (Wildman–Crippen LogP) is 23.0. The molecule has 0 bridgehead atoms. The van der Waals surface area contributed by atoms with Crippen LogP contribution in [0.3, 0.4) is 0 Å². The zero-order chi connectivity index (χ0) is 96.7. The van der Waals surface area contributed by atoms with E-state index in [2.05, 4.69) is 92.6 Å². The lowest BCUT2D eigenvalue weighted by atomic mass is 10.0. The number of carbonyl (C=O) groups is 5. The number of likely N-dealkylation sites (N-methyl/N-ethyl adjacent to an activating group) is 1. The van der Waals surface area contributed by atoms with Crippen LogP contribution in [0.2, 0.25) is 0 Å². The third kappa shape index (κ3) is 27.2. The van der Waals surface area contributed by atoms with E-state index in [0.29, 0.717) is 45.7 Å². The summed E-state index contributed by atoms with van der Waals surface area (Å²) in [7, 11) is 3.40. The van der Waals surface area contributed by atoms with Gasteiger partial charge in [0.05, 0.1) is 84.4 Å². The fourth-order valence-electron chi connectivity index (χ4n) is 14.7.